The zero-order valence-corrected chi connectivity index (χ0v) is 18.6. The predicted molar refractivity (Wildman–Crippen MR) is 121 cm³/mol. The van der Waals surface area contributed by atoms with Crippen LogP contribution in [0.1, 0.15) is 15.9 Å². The number of carbonyl (C=O) groups excluding carboxylic acids is 1. The standard InChI is InChI=1S/C21H19FN6O5S/c1-12-2-3-13(10-16(12)34(22,31)32)19(29)24-8-9-33-15-6-4-14(5-7-15)28-11-25-17-18(28)26-21(23)27-20(17)30/h2-7,10-11H,8-9H2,1H3,(H,24,29)(H3,23,26,27,30). The molecule has 2 heterocycles. The molecule has 0 aliphatic carbocycles. The van der Waals surface area contributed by atoms with Crippen molar-refractivity contribution in [1.82, 2.24) is 24.8 Å². The van der Waals surface area contributed by atoms with E-state index in [1.165, 1.54) is 25.4 Å². The average molecular weight is 486 g/mol. The van der Waals surface area contributed by atoms with Gasteiger partial charge in [-0.15, -0.1) is 3.89 Å². The number of hydrogen-bond donors (Lipinski definition) is 3. The molecular weight excluding hydrogens is 467 g/mol. The minimum atomic E-state index is -4.92. The second-order valence-electron chi connectivity index (χ2n) is 7.25. The number of hydrogen-bond acceptors (Lipinski definition) is 8. The van der Waals surface area contributed by atoms with Crippen LogP contribution >= 0.6 is 0 Å². The van der Waals surface area contributed by atoms with Crippen molar-refractivity contribution in [3.05, 3.63) is 70.3 Å². The van der Waals surface area contributed by atoms with Crippen molar-refractivity contribution < 1.29 is 21.8 Å². The second-order valence-corrected chi connectivity index (χ2v) is 8.57. The Balaban J connectivity index is 1.36. The first kappa shape index (κ1) is 22.9. The van der Waals surface area contributed by atoms with E-state index in [0.717, 1.165) is 6.07 Å². The van der Waals surface area contributed by atoms with Crippen LogP contribution in [-0.4, -0.2) is 47.0 Å². The fourth-order valence-electron chi connectivity index (χ4n) is 3.26. The number of nitrogens with two attached hydrogens (primary N) is 1. The topological polar surface area (TPSA) is 162 Å². The van der Waals surface area contributed by atoms with Crippen LogP contribution in [0.4, 0.5) is 9.83 Å². The Hall–Kier alpha value is -4.26. The lowest BCUT2D eigenvalue weighted by molar-refractivity contribution is 0.0946. The van der Waals surface area contributed by atoms with Crippen molar-refractivity contribution in [3.8, 4) is 11.4 Å². The van der Waals surface area contributed by atoms with Gasteiger partial charge in [0.05, 0.1) is 6.54 Å². The maximum absolute atomic E-state index is 13.3. The summed E-state index contributed by atoms with van der Waals surface area (Å²) in [7, 11) is -4.92. The number of nitrogen functional groups attached to an aromatic ring is 1. The molecular formula is C21H19FN6O5S. The molecule has 13 heteroatoms. The van der Waals surface area contributed by atoms with Crippen LogP contribution in [-0.2, 0) is 10.2 Å². The third kappa shape index (κ3) is 4.73. The smallest absolute Gasteiger partial charge is 0.332 e. The van der Waals surface area contributed by atoms with Gasteiger partial charge >= 0.3 is 10.2 Å². The number of rotatable bonds is 7. The number of H-pyrrole nitrogens is 1. The zero-order chi connectivity index (χ0) is 24.5. The van der Waals surface area contributed by atoms with E-state index < -0.39 is 26.6 Å². The average Bonchev–Trinajstić information content (AvgIpc) is 3.20. The monoisotopic (exact) mass is 486 g/mol. The van der Waals surface area contributed by atoms with Gasteiger partial charge in [-0.25, -0.2) is 4.98 Å². The van der Waals surface area contributed by atoms with Crippen molar-refractivity contribution in [3.63, 3.8) is 0 Å². The Kier molecular flexibility index (Phi) is 6.03. The molecule has 0 atom stereocenters. The third-order valence-electron chi connectivity index (χ3n) is 4.91. The Labute approximate surface area is 192 Å². The molecule has 0 saturated heterocycles. The third-order valence-corrected chi connectivity index (χ3v) is 5.87. The highest BCUT2D eigenvalue weighted by atomic mass is 32.3. The molecule has 34 heavy (non-hydrogen) atoms. The fraction of sp³-hybridized carbons (Fsp3) is 0.143. The summed E-state index contributed by atoms with van der Waals surface area (Å²) >= 11 is 0. The number of nitrogens with zero attached hydrogens (tertiary/aromatic N) is 3. The van der Waals surface area contributed by atoms with Gasteiger partial charge in [0.25, 0.3) is 11.5 Å². The number of carbonyl (C=O) groups is 1. The van der Waals surface area contributed by atoms with E-state index in [2.05, 4.69) is 20.3 Å². The summed E-state index contributed by atoms with van der Waals surface area (Å²) in [6, 6.07) is 10.6. The molecule has 11 nitrogen and oxygen atoms in total. The summed E-state index contributed by atoms with van der Waals surface area (Å²) in [5, 5.41) is 2.59. The van der Waals surface area contributed by atoms with E-state index in [-0.39, 0.29) is 35.7 Å². The fourth-order valence-corrected chi connectivity index (χ4v) is 3.98. The van der Waals surface area contributed by atoms with Gasteiger partial charge in [-0.05, 0) is 48.9 Å². The first-order chi connectivity index (χ1) is 16.1. The molecule has 176 valence electrons. The SMILES string of the molecule is Cc1ccc(C(=O)NCCOc2ccc(-n3cnc4c(=O)[nH]c(N)nc43)cc2)cc1S(=O)(=O)F. The van der Waals surface area contributed by atoms with Crippen LogP contribution in [0.15, 0.2) is 58.5 Å². The van der Waals surface area contributed by atoms with Gasteiger partial charge in [0.15, 0.2) is 11.2 Å². The summed E-state index contributed by atoms with van der Waals surface area (Å²) in [6.07, 6.45) is 1.46. The molecule has 0 unspecified atom stereocenters. The first-order valence-corrected chi connectivity index (χ1v) is 11.3. The highest BCUT2D eigenvalue weighted by molar-refractivity contribution is 7.86. The molecule has 2 aromatic heterocycles. The van der Waals surface area contributed by atoms with E-state index in [4.69, 9.17) is 10.5 Å². The summed E-state index contributed by atoms with van der Waals surface area (Å²) in [6.45, 7) is 1.70. The molecule has 4 N–H and O–H groups in total. The number of fused-ring (bicyclic) bond motifs is 1. The number of imidazole rings is 1. The quantitative estimate of drug-likeness (QED) is 0.261. The van der Waals surface area contributed by atoms with E-state index in [0.29, 0.717) is 17.1 Å². The molecule has 4 aromatic rings. The van der Waals surface area contributed by atoms with Gasteiger partial charge in [-0.3, -0.25) is 19.1 Å². The normalized spacial score (nSPS) is 11.5. The van der Waals surface area contributed by atoms with Crippen molar-refractivity contribution in [2.75, 3.05) is 18.9 Å². The van der Waals surface area contributed by atoms with Crippen molar-refractivity contribution in [2.45, 2.75) is 11.8 Å². The van der Waals surface area contributed by atoms with E-state index in [1.807, 2.05) is 0 Å². The molecule has 0 aliphatic heterocycles. The lowest BCUT2D eigenvalue weighted by Gasteiger charge is -2.10. The number of nitrogens with one attached hydrogen (secondary N) is 2. The summed E-state index contributed by atoms with van der Waals surface area (Å²) < 4.78 is 42.9. The first-order valence-electron chi connectivity index (χ1n) is 9.93. The number of aryl methyl sites for hydroxylation is 1. The maximum Gasteiger partial charge on any atom is 0.332 e. The number of benzene rings is 2. The molecule has 0 fully saturated rings. The molecule has 0 spiro atoms. The predicted octanol–water partition coefficient (Wildman–Crippen LogP) is 1.47. The Morgan fingerprint density at radius 2 is 1.97 bits per heavy atom. The zero-order valence-electron chi connectivity index (χ0n) is 17.8. The van der Waals surface area contributed by atoms with Crippen LogP contribution in [0.5, 0.6) is 5.75 Å². The molecule has 0 radical (unpaired) electrons. The highest BCUT2D eigenvalue weighted by Crippen LogP contribution is 2.20. The molecule has 2 aromatic carbocycles. The summed E-state index contributed by atoms with van der Waals surface area (Å²) in [5.74, 6) is -0.0547. The Morgan fingerprint density at radius 1 is 1.24 bits per heavy atom. The largest absolute Gasteiger partial charge is 0.492 e. The number of ether oxygens (including phenoxy) is 1. The van der Waals surface area contributed by atoms with E-state index in [9.17, 15) is 21.9 Å². The van der Waals surface area contributed by atoms with Gasteiger partial charge < -0.3 is 15.8 Å². The molecule has 4 rings (SSSR count). The second kappa shape index (κ2) is 8.94. The molecule has 0 bridgehead atoms. The minimum absolute atomic E-state index is 0.0190. The number of amides is 1. The Bertz CT molecular complexity index is 1550. The lowest BCUT2D eigenvalue weighted by atomic mass is 10.1. The number of halogens is 1. The summed E-state index contributed by atoms with van der Waals surface area (Å²) in [4.78, 5) is 34.2. The minimum Gasteiger partial charge on any atom is -0.492 e. The van der Waals surface area contributed by atoms with Crippen molar-refractivity contribution in [1.29, 1.82) is 0 Å². The number of aromatic amines is 1. The van der Waals surface area contributed by atoms with Crippen molar-refractivity contribution >= 4 is 33.2 Å². The van der Waals surface area contributed by atoms with E-state index >= 15 is 0 Å². The highest BCUT2D eigenvalue weighted by Gasteiger charge is 2.18. The molecule has 1 amide bonds. The summed E-state index contributed by atoms with van der Waals surface area (Å²) in [5.41, 5.74) is 6.57. The van der Waals surface area contributed by atoms with Gasteiger partial charge in [-0.2, -0.15) is 13.4 Å². The van der Waals surface area contributed by atoms with Gasteiger partial charge in [0, 0.05) is 11.3 Å². The van der Waals surface area contributed by atoms with Crippen LogP contribution in [0.25, 0.3) is 16.9 Å². The van der Waals surface area contributed by atoms with Gasteiger partial charge in [0.2, 0.25) is 5.95 Å². The lowest BCUT2D eigenvalue weighted by Crippen LogP contribution is -2.28. The number of aromatic nitrogens is 4. The van der Waals surface area contributed by atoms with E-state index in [1.54, 1.807) is 28.8 Å². The van der Waals surface area contributed by atoms with Crippen LogP contribution < -0.4 is 21.3 Å². The molecule has 0 saturated carbocycles. The Morgan fingerprint density at radius 3 is 2.68 bits per heavy atom. The van der Waals surface area contributed by atoms with Gasteiger partial charge in [-0.1, -0.05) is 6.07 Å². The van der Waals surface area contributed by atoms with Gasteiger partial charge in [0.1, 0.15) is 23.6 Å². The van der Waals surface area contributed by atoms with Crippen molar-refractivity contribution in [2.24, 2.45) is 0 Å². The maximum atomic E-state index is 13.3. The van der Waals surface area contributed by atoms with Crippen LogP contribution in [0.2, 0.25) is 0 Å². The van der Waals surface area contributed by atoms with Crippen LogP contribution in [0, 0.1) is 6.92 Å². The van der Waals surface area contributed by atoms with Crippen LogP contribution in [0.3, 0.4) is 0 Å². The number of anilines is 1. The molecule has 0 aliphatic rings.